The first-order valence-electron chi connectivity index (χ1n) is 4.76. The molecule has 0 unspecified atom stereocenters. The number of nitrogens with zero attached hydrogens (tertiary/aromatic N) is 1. The molecule has 0 saturated heterocycles. The van der Waals surface area contributed by atoms with Crippen molar-refractivity contribution in [3.63, 3.8) is 0 Å². The third kappa shape index (κ3) is 2.66. The minimum atomic E-state index is -0.364. The van der Waals surface area contributed by atoms with Crippen LogP contribution in [0.4, 0.5) is 4.39 Å². The number of hydrogen-bond acceptors (Lipinski definition) is 1. The van der Waals surface area contributed by atoms with Crippen LogP contribution in [-0.4, -0.2) is 0 Å². The summed E-state index contributed by atoms with van der Waals surface area (Å²) in [5.74, 6) is -0.364. The van der Waals surface area contributed by atoms with E-state index >= 15 is 0 Å². The lowest BCUT2D eigenvalue weighted by molar-refractivity contribution is 0.631. The zero-order chi connectivity index (χ0) is 12.4. The highest BCUT2D eigenvalue weighted by molar-refractivity contribution is 9.10. The first-order valence-corrected chi connectivity index (χ1v) is 5.93. The molecule has 84 valence electrons. The van der Waals surface area contributed by atoms with Gasteiger partial charge in [0.25, 0.3) is 0 Å². The second-order valence-corrected chi connectivity index (χ2v) is 4.82. The Kier molecular flexibility index (Phi) is 3.46. The lowest BCUT2D eigenvalue weighted by Crippen LogP contribution is -1.86. The number of benzene rings is 2. The Hall–Kier alpha value is -1.37. The summed E-state index contributed by atoms with van der Waals surface area (Å²) in [6.07, 6.45) is 0. The summed E-state index contributed by atoms with van der Waals surface area (Å²) in [5.41, 5.74) is 1.47. The molecule has 0 fully saturated rings. The Balaban J connectivity index is 2.64. The minimum absolute atomic E-state index is 0.364. The van der Waals surface area contributed by atoms with E-state index < -0.39 is 0 Å². The molecule has 0 heterocycles. The van der Waals surface area contributed by atoms with Gasteiger partial charge < -0.3 is 0 Å². The molecule has 0 aromatic heterocycles. The third-order valence-corrected chi connectivity index (χ3v) is 2.96. The van der Waals surface area contributed by atoms with E-state index in [2.05, 4.69) is 15.9 Å². The van der Waals surface area contributed by atoms with Gasteiger partial charge in [0.05, 0.1) is 11.6 Å². The van der Waals surface area contributed by atoms with Gasteiger partial charge in [0.1, 0.15) is 5.82 Å². The first-order chi connectivity index (χ1) is 8.10. The average Bonchev–Trinajstić information content (AvgIpc) is 2.31. The van der Waals surface area contributed by atoms with Crippen LogP contribution in [0.5, 0.6) is 0 Å². The highest BCUT2D eigenvalue weighted by Gasteiger charge is 2.08. The van der Waals surface area contributed by atoms with E-state index in [0.717, 1.165) is 4.47 Å². The Morgan fingerprint density at radius 3 is 2.65 bits per heavy atom. The van der Waals surface area contributed by atoms with E-state index in [-0.39, 0.29) is 5.82 Å². The van der Waals surface area contributed by atoms with Crippen molar-refractivity contribution in [1.82, 2.24) is 0 Å². The molecule has 0 amide bonds. The molecular formula is C13H6BrClFN. The molecule has 0 spiro atoms. The van der Waals surface area contributed by atoms with E-state index in [1.807, 2.05) is 6.07 Å². The van der Waals surface area contributed by atoms with Crippen LogP contribution in [0.3, 0.4) is 0 Å². The summed E-state index contributed by atoms with van der Waals surface area (Å²) in [6, 6.07) is 11.4. The smallest absolute Gasteiger partial charge is 0.131 e. The summed E-state index contributed by atoms with van der Waals surface area (Å²) in [5, 5.41) is 9.32. The second-order valence-electron chi connectivity index (χ2n) is 3.46. The molecule has 0 aliphatic rings. The fraction of sp³-hybridized carbons (Fsp3) is 0. The zero-order valence-electron chi connectivity index (χ0n) is 8.55. The van der Waals surface area contributed by atoms with E-state index in [9.17, 15) is 4.39 Å². The average molecular weight is 311 g/mol. The van der Waals surface area contributed by atoms with Crippen molar-refractivity contribution in [2.24, 2.45) is 0 Å². The summed E-state index contributed by atoms with van der Waals surface area (Å²) in [4.78, 5) is 0. The lowest BCUT2D eigenvalue weighted by atomic mass is 10.0. The molecule has 4 heteroatoms. The van der Waals surface area contributed by atoms with Crippen molar-refractivity contribution in [1.29, 1.82) is 5.26 Å². The summed E-state index contributed by atoms with van der Waals surface area (Å²) in [6.45, 7) is 0. The Bertz CT molecular complexity index is 619. The third-order valence-electron chi connectivity index (χ3n) is 2.27. The van der Waals surface area contributed by atoms with Gasteiger partial charge in [-0.2, -0.15) is 5.26 Å². The van der Waals surface area contributed by atoms with Crippen molar-refractivity contribution in [3.8, 4) is 17.2 Å². The van der Waals surface area contributed by atoms with Crippen LogP contribution in [-0.2, 0) is 0 Å². The zero-order valence-corrected chi connectivity index (χ0v) is 10.9. The molecule has 1 nitrogen and oxygen atoms in total. The highest BCUT2D eigenvalue weighted by atomic mass is 79.9. The number of nitriles is 1. The molecule has 0 N–H and O–H groups in total. The van der Waals surface area contributed by atoms with Crippen molar-refractivity contribution in [2.45, 2.75) is 0 Å². The topological polar surface area (TPSA) is 23.8 Å². The first kappa shape index (κ1) is 12.1. The quantitative estimate of drug-likeness (QED) is 0.743. The van der Waals surface area contributed by atoms with Gasteiger partial charge in [0.15, 0.2) is 0 Å². The molecule has 17 heavy (non-hydrogen) atoms. The van der Waals surface area contributed by atoms with Crippen molar-refractivity contribution < 1.29 is 4.39 Å². The monoisotopic (exact) mass is 309 g/mol. The molecule has 2 rings (SSSR count). The summed E-state index contributed by atoms with van der Waals surface area (Å²) < 4.78 is 14.4. The van der Waals surface area contributed by atoms with E-state index in [1.165, 1.54) is 12.1 Å². The van der Waals surface area contributed by atoms with Crippen molar-refractivity contribution in [3.05, 3.63) is 57.3 Å². The fourth-order valence-corrected chi connectivity index (χ4v) is 2.19. The van der Waals surface area contributed by atoms with Crippen molar-refractivity contribution in [2.75, 3.05) is 0 Å². The Morgan fingerprint density at radius 2 is 1.94 bits per heavy atom. The van der Waals surface area contributed by atoms with Gasteiger partial charge in [0.2, 0.25) is 0 Å². The SMILES string of the molecule is N#Cc1cc(Br)cc(-c2cc(Cl)ccc2F)c1. The Morgan fingerprint density at radius 1 is 1.18 bits per heavy atom. The van der Waals surface area contributed by atoms with E-state index in [1.54, 1.807) is 24.3 Å². The van der Waals surface area contributed by atoms with Gasteiger partial charge in [-0.05, 0) is 42.0 Å². The molecule has 0 saturated carbocycles. The largest absolute Gasteiger partial charge is 0.206 e. The van der Waals surface area contributed by atoms with Crippen LogP contribution in [0.2, 0.25) is 5.02 Å². The highest BCUT2D eigenvalue weighted by Crippen LogP contribution is 2.29. The second kappa shape index (κ2) is 4.87. The number of rotatable bonds is 1. The predicted octanol–water partition coefficient (Wildman–Crippen LogP) is 4.78. The lowest BCUT2D eigenvalue weighted by Gasteiger charge is -2.05. The molecule has 0 atom stereocenters. The maximum atomic E-state index is 13.7. The maximum absolute atomic E-state index is 13.7. The van der Waals surface area contributed by atoms with Gasteiger partial charge in [-0.25, -0.2) is 4.39 Å². The predicted molar refractivity (Wildman–Crippen MR) is 69.3 cm³/mol. The van der Waals surface area contributed by atoms with Crippen LogP contribution in [0.25, 0.3) is 11.1 Å². The van der Waals surface area contributed by atoms with Gasteiger partial charge in [-0.1, -0.05) is 27.5 Å². The fourth-order valence-electron chi connectivity index (χ4n) is 1.53. The van der Waals surface area contributed by atoms with Crippen molar-refractivity contribution >= 4 is 27.5 Å². The number of halogens is 3. The summed E-state index contributed by atoms with van der Waals surface area (Å²) in [7, 11) is 0. The summed E-state index contributed by atoms with van der Waals surface area (Å²) >= 11 is 9.12. The van der Waals surface area contributed by atoms with Crippen LogP contribution >= 0.6 is 27.5 Å². The van der Waals surface area contributed by atoms with Gasteiger partial charge in [0, 0.05) is 15.1 Å². The molecule has 0 bridgehead atoms. The maximum Gasteiger partial charge on any atom is 0.131 e. The molecule has 0 aliphatic heterocycles. The van der Waals surface area contributed by atoms with Crippen LogP contribution < -0.4 is 0 Å². The van der Waals surface area contributed by atoms with Crippen LogP contribution in [0, 0.1) is 17.1 Å². The van der Waals surface area contributed by atoms with Crippen LogP contribution in [0.15, 0.2) is 40.9 Å². The van der Waals surface area contributed by atoms with E-state index in [4.69, 9.17) is 16.9 Å². The molecule has 0 radical (unpaired) electrons. The van der Waals surface area contributed by atoms with E-state index in [0.29, 0.717) is 21.7 Å². The van der Waals surface area contributed by atoms with Gasteiger partial charge >= 0.3 is 0 Å². The molecule has 0 aliphatic carbocycles. The molecular weight excluding hydrogens is 305 g/mol. The van der Waals surface area contributed by atoms with Gasteiger partial charge in [-0.15, -0.1) is 0 Å². The Labute approximate surface area is 112 Å². The molecule has 2 aromatic carbocycles. The molecule has 2 aromatic rings. The normalized spacial score (nSPS) is 10.0. The number of hydrogen-bond donors (Lipinski definition) is 0. The van der Waals surface area contributed by atoms with Crippen LogP contribution in [0.1, 0.15) is 5.56 Å². The standard InChI is InChI=1S/C13H6BrClFN/c14-10-4-8(7-17)3-9(5-10)12-6-11(15)1-2-13(12)16/h1-6H. The minimum Gasteiger partial charge on any atom is -0.206 e. The van der Waals surface area contributed by atoms with Gasteiger partial charge in [-0.3, -0.25) is 0 Å².